The third-order valence-electron chi connectivity index (χ3n) is 1.60. The van der Waals surface area contributed by atoms with Crippen LogP contribution < -0.4 is 11.1 Å². The van der Waals surface area contributed by atoms with Crippen molar-refractivity contribution in [2.24, 2.45) is 0 Å². The number of aliphatic carboxylic acids is 1. The lowest BCUT2D eigenvalue weighted by molar-refractivity contribution is -0.131. The van der Waals surface area contributed by atoms with Gasteiger partial charge >= 0.3 is 5.97 Å². The molecule has 0 bridgehead atoms. The van der Waals surface area contributed by atoms with Crippen molar-refractivity contribution in [3.05, 3.63) is 36.4 Å². The van der Waals surface area contributed by atoms with Crippen molar-refractivity contribution in [2.75, 3.05) is 11.1 Å². The molecule has 0 atom stereocenters. The highest BCUT2D eigenvalue weighted by molar-refractivity contribution is 6.03. The average molecular weight is 206 g/mol. The number of carbonyl (C=O) groups excluding carboxylic acids is 1. The number of rotatable bonds is 3. The quantitative estimate of drug-likeness (QED) is 0.505. The predicted molar refractivity (Wildman–Crippen MR) is 56.3 cm³/mol. The van der Waals surface area contributed by atoms with E-state index in [0.29, 0.717) is 11.4 Å². The maximum atomic E-state index is 11.2. The highest BCUT2D eigenvalue weighted by Crippen LogP contribution is 2.16. The minimum absolute atomic E-state index is 0.426. The number of carboxylic acid groups (broad SMARTS) is 1. The molecule has 0 aromatic heterocycles. The van der Waals surface area contributed by atoms with Gasteiger partial charge in [-0.2, -0.15) is 0 Å². The van der Waals surface area contributed by atoms with Gasteiger partial charge in [0.15, 0.2) is 0 Å². The van der Waals surface area contributed by atoms with Gasteiger partial charge in [-0.25, -0.2) is 4.79 Å². The lowest BCUT2D eigenvalue weighted by atomic mass is 10.2. The molecule has 0 fully saturated rings. The Kier molecular flexibility index (Phi) is 3.45. The number of carbonyl (C=O) groups is 2. The Bertz CT molecular complexity index is 413. The van der Waals surface area contributed by atoms with Crippen molar-refractivity contribution in [3.63, 3.8) is 0 Å². The van der Waals surface area contributed by atoms with E-state index in [1.807, 2.05) is 0 Å². The molecule has 1 aromatic rings. The maximum Gasteiger partial charge on any atom is 0.328 e. The number of benzene rings is 1. The minimum Gasteiger partial charge on any atom is -0.478 e. The van der Waals surface area contributed by atoms with Crippen molar-refractivity contribution in [1.82, 2.24) is 0 Å². The molecule has 0 spiro atoms. The Morgan fingerprint density at radius 2 is 1.93 bits per heavy atom. The van der Waals surface area contributed by atoms with Gasteiger partial charge in [0.25, 0.3) is 0 Å². The van der Waals surface area contributed by atoms with Gasteiger partial charge in [0.1, 0.15) is 0 Å². The summed E-state index contributed by atoms with van der Waals surface area (Å²) in [6.45, 7) is 0. The third kappa shape index (κ3) is 3.51. The first kappa shape index (κ1) is 10.8. The van der Waals surface area contributed by atoms with Gasteiger partial charge in [-0.15, -0.1) is 0 Å². The van der Waals surface area contributed by atoms with Gasteiger partial charge in [-0.1, -0.05) is 12.1 Å². The second-order valence-corrected chi connectivity index (χ2v) is 2.75. The number of amides is 1. The summed E-state index contributed by atoms with van der Waals surface area (Å²) in [5.74, 6) is -1.71. The molecule has 5 nitrogen and oxygen atoms in total. The summed E-state index contributed by atoms with van der Waals surface area (Å²) in [6, 6.07) is 6.71. The molecule has 0 aliphatic carbocycles. The second-order valence-electron chi connectivity index (χ2n) is 2.75. The van der Waals surface area contributed by atoms with Crippen LogP contribution >= 0.6 is 0 Å². The average Bonchev–Trinajstić information content (AvgIpc) is 2.18. The molecule has 15 heavy (non-hydrogen) atoms. The van der Waals surface area contributed by atoms with Crippen LogP contribution in [0.15, 0.2) is 36.4 Å². The topological polar surface area (TPSA) is 92.4 Å². The molecule has 0 radical (unpaired) electrons. The Morgan fingerprint density at radius 1 is 1.27 bits per heavy atom. The van der Waals surface area contributed by atoms with E-state index in [0.717, 1.165) is 12.2 Å². The first-order valence-corrected chi connectivity index (χ1v) is 4.16. The Morgan fingerprint density at radius 3 is 2.53 bits per heavy atom. The first-order chi connectivity index (χ1) is 7.09. The Labute approximate surface area is 86.2 Å². The lowest BCUT2D eigenvalue weighted by Gasteiger charge is -2.04. The van der Waals surface area contributed by atoms with Gasteiger partial charge in [-0.05, 0) is 12.1 Å². The third-order valence-corrected chi connectivity index (χ3v) is 1.60. The predicted octanol–water partition coefficient (Wildman–Crippen LogP) is 0.848. The van der Waals surface area contributed by atoms with E-state index in [1.165, 1.54) is 0 Å². The number of anilines is 2. The molecule has 0 aliphatic rings. The van der Waals surface area contributed by atoms with Crippen LogP contribution in [0.4, 0.5) is 11.4 Å². The van der Waals surface area contributed by atoms with E-state index < -0.39 is 11.9 Å². The number of carboxylic acids is 1. The molecular weight excluding hydrogens is 196 g/mol. The number of hydrogen-bond donors (Lipinski definition) is 3. The number of hydrogen-bond acceptors (Lipinski definition) is 3. The van der Waals surface area contributed by atoms with Crippen LogP contribution in [0.1, 0.15) is 0 Å². The summed E-state index contributed by atoms with van der Waals surface area (Å²) >= 11 is 0. The Hall–Kier alpha value is -2.30. The normalized spacial score (nSPS) is 10.1. The standard InChI is InChI=1S/C10H10N2O3/c11-7-3-1-2-4-8(7)12-9(13)5-6-10(14)15/h1-6H,11H2,(H,12,13)(H,14,15)/b6-5+. The number of nitrogens with one attached hydrogen (secondary N) is 1. The van der Waals surface area contributed by atoms with E-state index in [2.05, 4.69) is 5.32 Å². The summed E-state index contributed by atoms with van der Waals surface area (Å²) in [4.78, 5) is 21.3. The lowest BCUT2D eigenvalue weighted by Crippen LogP contribution is -2.10. The summed E-state index contributed by atoms with van der Waals surface area (Å²) in [5, 5.41) is 10.7. The minimum atomic E-state index is -1.17. The van der Waals surface area contributed by atoms with E-state index >= 15 is 0 Å². The zero-order valence-corrected chi connectivity index (χ0v) is 7.81. The van der Waals surface area contributed by atoms with E-state index in [9.17, 15) is 9.59 Å². The van der Waals surface area contributed by atoms with Crippen molar-refractivity contribution in [2.45, 2.75) is 0 Å². The number of para-hydroxylation sites is 2. The summed E-state index contributed by atoms with van der Waals surface area (Å²) in [5.41, 5.74) is 6.45. The van der Waals surface area contributed by atoms with Gasteiger partial charge in [0.2, 0.25) is 5.91 Å². The van der Waals surface area contributed by atoms with Crippen LogP contribution in [-0.2, 0) is 9.59 Å². The summed E-state index contributed by atoms with van der Waals surface area (Å²) < 4.78 is 0. The number of nitrogen functional groups attached to an aromatic ring is 1. The second kappa shape index (κ2) is 4.80. The zero-order valence-electron chi connectivity index (χ0n) is 7.81. The van der Waals surface area contributed by atoms with Gasteiger partial charge in [0, 0.05) is 12.2 Å². The van der Waals surface area contributed by atoms with Crippen LogP contribution in [0, 0.1) is 0 Å². The highest BCUT2D eigenvalue weighted by Gasteiger charge is 2.01. The van der Waals surface area contributed by atoms with Crippen LogP contribution in [0.2, 0.25) is 0 Å². The monoisotopic (exact) mass is 206 g/mol. The molecule has 0 saturated carbocycles. The Balaban J connectivity index is 2.67. The zero-order chi connectivity index (χ0) is 11.3. The molecular formula is C10H10N2O3. The van der Waals surface area contributed by atoms with Gasteiger partial charge in [0.05, 0.1) is 11.4 Å². The first-order valence-electron chi connectivity index (χ1n) is 4.16. The summed E-state index contributed by atoms with van der Waals surface area (Å²) in [6.07, 6.45) is 1.68. The molecule has 1 amide bonds. The van der Waals surface area contributed by atoms with E-state index in [-0.39, 0.29) is 0 Å². The fourth-order valence-electron chi connectivity index (χ4n) is 0.932. The van der Waals surface area contributed by atoms with Crippen molar-refractivity contribution < 1.29 is 14.7 Å². The molecule has 4 N–H and O–H groups in total. The van der Waals surface area contributed by atoms with Crippen molar-refractivity contribution in [3.8, 4) is 0 Å². The largest absolute Gasteiger partial charge is 0.478 e. The maximum absolute atomic E-state index is 11.2. The molecule has 0 heterocycles. The van der Waals surface area contributed by atoms with E-state index in [1.54, 1.807) is 24.3 Å². The molecule has 0 unspecified atom stereocenters. The van der Waals surface area contributed by atoms with Gasteiger partial charge < -0.3 is 16.2 Å². The molecule has 78 valence electrons. The van der Waals surface area contributed by atoms with E-state index in [4.69, 9.17) is 10.8 Å². The summed E-state index contributed by atoms with van der Waals surface area (Å²) in [7, 11) is 0. The molecule has 0 aliphatic heterocycles. The van der Waals surface area contributed by atoms with Crippen LogP contribution in [0.3, 0.4) is 0 Å². The van der Waals surface area contributed by atoms with Crippen molar-refractivity contribution in [1.29, 1.82) is 0 Å². The molecule has 1 aromatic carbocycles. The molecule has 0 saturated heterocycles. The van der Waals surface area contributed by atoms with Gasteiger partial charge in [-0.3, -0.25) is 4.79 Å². The molecule has 1 rings (SSSR count). The van der Waals surface area contributed by atoms with Crippen molar-refractivity contribution >= 4 is 23.3 Å². The highest BCUT2D eigenvalue weighted by atomic mass is 16.4. The SMILES string of the molecule is Nc1ccccc1NC(=O)/C=C/C(=O)O. The van der Waals surface area contributed by atoms with Crippen LogP contribution in [0.25, 0.3) is 0 Å². The smallest absolute Gasteiger partial charge is 0.328 e. The fourth-order valence-corrected chi connectivity index (χ4v) is 0.932. The van der Waals surface area contributed by atoms with Crippen LogP contribution in [0.5, 0.6) is 0 Å². The van der Waals surface area contributed by atoms with Crippen LogP contribution in [-0.4, -0.2) is 17.0 Å². The number of nitrogens with two attached hydrogens (primary N) is 1. The molecule has 5 heteroatoms. The fraction of sp³-hybridized carbons (Fsp3) is 0.